The molecule has 1 aromatic carbocycles. The average molecular weight is 362 g/mol. The quantitative estimate of drug-likeness (QED) is 0.764. The first-order valence-corrected chi connectivity index (χ1v) is 9.66. The van der Waals surface area contributed by atoms with Crippen molar-refractivity contribution in [1.82, 2.24) is 19.7 Å². The lowest BCUT2D eigenvalue weighted by Gasteiger charge is -2.35. The summed E-state index contributed by atoms with van der Waals surface area (Å²) in [6.45, 7) is 3.00. The minimum atomic E-state index is -0.280. The number of benzene rings is 1. The molecule has 1 saturated heterocycles. The largest absolute Gasteiger partial charge is 0.339 e. The van der Waals surface area contributed by atoms with Crippen molar-refractivity contribution in [1.29, 1.82) is 0 Å². The Morgan fingerprint density at radius 1 is 1.28 bits per heavy atom. The predicted octanol–water partition coefficient (Wildman–Crippen LogP) is 3.50. The molecule has 1 aromatic heterocycles. The molecule has 1 amide bonds. The zero-order chi connectivity index (χ0) is 17.8. The molecule has 1 fully saturated rings. The third-order valence-corrected chi connectivity index (χ3v) is 5.69. The van der Waals surface area contributed by atoms with E-state index in [9.17, 15) is 9.18 Å². The second-order valence-electron chi connectivity index (χ2n) is 6.31. The van der Waals surface area contributed by atoms with Crippen LogP contribution in [0.15, 0.2) is 29.4 Å². The second-order valence-corrected chi connectivity index (χ2v) is 7.25. The van der Waals surface area contributed by atoms with Crippen LogP contribution >= 0.6 is 11.8 Å². The maximum atomic E-state index is 13.1. The van der Waals surface area contributed by atoms with E-state index in [1.54, 1.807) is 12.1 Å². The van der Waals surface area contributed by atoms with Gasteiger partial charge < -0.3 is 9.47 Å². The van der Waals surface area contributed by atoms with Crippen LogP contribution in [0, 0.1) is 5.82 Å². The van der Waals surface area contributed by atoms with Gasteiger partial charge in [-0.25, -0.2) is 4.39 Å². The van der Waals surface area contributed by atoms with E-state index in [0.29, 0.717) is 22.8 Å². The molecule has 1 atom stereocenters. The van der Waals surface area contributed by atoms with Crippen LogP contribution in [0.2, 0.25) is 0 Å². The van der Waals surface area contributed by atoms with Crippen molar-refractivity contribution in [3.8, 4) is 11.4 Å². The zero-order valence-corrected chi connectivity index (χ0v) is 15.4. The number of rotatable bonds is 5. The van der Waals surface area contributed by atoms with Gasteiger partial charge in [0.15, 0.2) is 11.0 Å². The highest BCUT2D eigenvalue weighted by atomic mass is 32.2. The summed E-state index contributed by atoms with van der Waals surface area (Å²) in [7, 11) is 1.86. The number of halogens is 1. The van der Waals surface area contributed by atoms with Gasteiger partial charge >= 0.3 is 0 Å². The Hall–Kier alpha value is -1.89. The van der Waals surface area contributed by atoms with E-state index in [4.69, 9.17) is 0 Å². The Morgan fingerprint density at radius 2 is 2.04 bits per heavy atom. The van der Waals surface area contributed by atoms with E-state index in [1.165, 1.54) is 30.3 Å². The summed E-state index contributed by atoms with van der Waals surface area (Å²) in [4.78, 5) is 14.6. The molecule has 0 bridgehead atoms. The maximum absolute atomic E-state index is 13.1. The van der Waals surface area contributed by atoms with Crippen molar-refractivity contribution in [3.63, 3.8) is 0 Å². The van der Waals surface area contributed by atoms with Crippen molar-refractivity contribution in [2.75, 3.05) is 12.3 Å². The first-order chi connectivity index (χ1) is 12.1. The van der Waals surface area contributed by atoms with Gasteiger partial charge in [-0.3, -0.25) is 4.79 Å². The number of hydrogen-bond acceptors (Lipinski definition) is 4. The van der Waals surface area contributed by atoms with Crippen LogP contribution in [-0.2, 0) is 11.8 Å². The topological polar surface area (TPSA) is 51.0 Å². The highest BCUT2D eigenvalue weighted by molar-refractivity contribution is 7.99. The van der Waals surface area contributed by atoms with E-state index in [-0.39, 0.29) is 11.7 Å². The fourth-order valence-electron chi connectivity index (χ4n) is 3.25. The van der Waals surface area contributed by atoms with Crippen molar-refractivity contribution in [2.24, 2.45) is 7.05 Å². The molecule has 0 radical (unpaired) electrons. The third kappa shape index (κ3) is 4.03. The zero-order valence-electron chi connectivity index (χ0n) is 14.6. The molecule has 2 heterocycles. The summed E-state index contributed by atoms with van der Waals surface area (Å²) < 4.78 is 14.9. The van der Waals surface area contributed by atoms with Crippen LogP contribution in [0.1, 0.15) is 32.6 Å². The molecule has 2 aromatic rings. The summed E-state index contributed by atoms with van der Waals surface area (Å²) in [5.74, 6) is 0.923. The molecule has 5 nitrogen and oxygen atoms in total. The highest BCUT2D eigenvalue weighted by Gasteiger charge is 2.25. The van der Waals surface area contributed by atoms with Crippen LogP contribution in [0.5, 0.6) is 0 Å². The Balaban J connectivity index is 1.65. The monoisotopic (exact) mass is 362 g/mol. The van der Waals surface area contributed by atoms with Crippen molar-refractivity contribution < 1.29 is 9.18 Å². The van der Waals surface area contributed by atoms with Crippen LogP contribution in [0.25, 0.3) is 11.4 Å². The summed E-state index contributed by atoms with van der Waals surface area (Å²) >= 11 is 1.40. The second kappa shape index (κ2) is 7.99. The van der Waals surface area contributed by atoms with E-state index < -0.39 is 0 Å². The maximum Gasteiger partial charge on any atom is 0.233 e. The molecule has 3 rings (SSSR count). The minimum absolute atomic E-state index is 0.169. The first kappa shape index (κ1) is 17.9. The molecule has 7 heteroatoms. The Labute approximate surface area is 151 Å². The van der Waals surface area contributed by atoms with E-state index in [2.05, 4.69) is 17.1 Å². The molecule has 134 valence electrons. The Morgan fingerprint density at radius 3 is 2.76 bits per heavy atom. The summed E-state index contributed by atoms with van der Waals surface area (Å²) in [5, 5.41) is 9.06. The molecule has 25 heavy (non-hydrogen) atoms. The number of carbonyl (C=O) groups is 1. The number of aromatic nitrogens is 3. The van der Waals surface area contributed by atoms with Gasteiger partial charge in [0.25, 0.3) is 0 Å². The lowest BCUT2D eigenvalue weighted by Crippen LogP contribution is -2.44. The number of hydrogen-bond donors (Lipinski definition) is 0. The molecule has 0 unspecified atom stereocenters. The molecule has 0 N–H and O–H groups in total. The normalized spacial score (nSPS) is 17.7. The third-order valence-electron chi connectivity index (χ3n) is 4.68. The smallest absolute Gasteiger partial charge is 0.233 e. The number of thioether (sulfide) groups is 1. The molecular weight excluding hydrogens is 339 g/mol. The van der Waals surface area contributed by atoms with Crippen molar-refractivity contribution >= 4 is 17.7 Å². The van der Waals surface area contributed by atoms with Gasteiger partial charge in [0.2, 0.25) is 5.91 Å². The van der Waals surface area contributed by atoms with Crippen LogP contribution < -0.4 is 0 Å². The van der Waals surface area contributed by atoms with Crippen LogP contribution in [-0.4, -0.2) is 43.9 Å². The molecule has 0 aliphatic carbocycles. The lowest BCUT2D eigenvalue weighted by molar-refractivity contribution is -0.132. The van der Waals surface area contributed by atoms with Gasteiger partial charge in [0, 0.05) is 25.2 Å². The van der Waals surface area contributed by atoms with E-state index >= 15 is 0 Å². The molecule has 1 aliphatic rings. The molecule has 0 spiro atoms. The standard InChI is InChI=1S/C18H23FN4OS/c1-3-15-6-4-5-11-23(15)16(24)12-25-18-21-20-17(22(18)2)13-7-9-14(19)10-8-13/h7-10,15H,3-6,11-12H2,1-2H3/t15-/m0/s1. The number of likely N-dealkylation sites (tertiary alicyclic amines) is 1. The SMILES string of the molecule is CC[C@H]1CCCCN1C(=O)CSc1nnc(-c2ccc(F)cc2)n1C. The van der Waals surface area contributed by atoms with Crippen molar-refractivity contribution in [2.45, 2.75) is 43.8 Å². The van der Waals surface area contributed by atoms with Gasteiger partial charge in [-0.2, -0.15) is 0 Å². The van der Waals surface area contributed by atoms with E-state index in [0.717, 1.165) is 31.4 Å². The summed E-state index contributed by atoms with van der Waals surface area (Å²) in [6.07, 6.45) is 4.41. The van der Waals surface area contributed by atoms with Gasteiger partial charge in [-0.1, -0.05) is 18.7 Å². The van der Waals surface area contributed by atoms with Gasteiger partial charge in [-0.15, -0.1) is 10.2 Å². The molecule has 1 aliphatic heterocycles. The predicted molar refractivity (Wildman–Crippen MR) is 96.8 cm³/mol. The first-order valence-electron chi connectivity index (χ1n) is 8.67. The van der Waals surface area contributed by atoms with Crippen LogP contribution in [0.4, 0.5) is 4.39 Å². The molecule has 0 saturated carbocycles. The van der Waals surface area contributed by atoms with Gasteiger partial charge in [-0.05, 0) is 49.9 Å². The highest BCUT2D eigenvalue weighted by Crippen LogP contribution is 2.25. The van der Waals surface area contributed by atoms with Crippen molar-refractivity contribution in [3.05, 3.63) is 30.1 Å². The lowest BCUT2D eigenvalue weighted by atomic mass is 10.0. The summed E-state index contributed by atoms with van der Waals surface area (Å²) in [5.41, 5.74) is 0.802. The van der Waals surface area contributed by atoms with E-state index in [1.807, 2.05) is 16.5 Å². The number of carbonyl (C=O) groups excluding carboxylic acids is 1. The number of nitrogens with zero attached hydrogens (tertiary/aromatic N) is 4. The van der Waals surface area contributed by atoms with Gasteiger partial charge in [0.1, 0.15) is 5.82 Å². The fraction of sp³-hybridized carbons (Fsp3) is 0.500. The Bertz CT molecular complexity index is 731. The minimum Gasteiger partial charge on any atom is -0.339 e. The summed E-state index contributed by atoms with van der Waals surface area (Å²) in [6, 6.07) is 6.54. The van der Waals surface area contributed by atoms with Crippen LogP contribution in [0.3, 0.4) is 0 Å². The Kier molecular flexibility index (Phi) is 5.73. The number of amides is 1. The number of piperidine rings is 1. The fourth-order valence-corrected chi connectivity index (χ4v) is 4.05. The molecular formula is C18H23FN4OS. The average Bonchev–Trinajstić information content (AvgIpc) is 3.01. The van der Waals surface area contributed by atoms with Gasteiger partial charge in [0.05, 0.1) is 5.75 Å².